The fourth-order valence-electron chi connectivity index (χ4n) is 2.07. The predicted octanol–water partition coefficient (Wildman–Crippen LogP) is 2.17. The molecule has 0 fully saturated rings. The fourth-order valence-corrected chi connectivity index (χ4v) is 2.07. The molecule has 21 heavy (non-hydrogen) atoms. The van der Waals surface area contributed by atoms with E-state index >= 15 is 0 Å². The number of hydrogen-bond acceptors (Lipinski definition) is 4. The van der Waals surface area contributed by atoms with Crippen molar-refractivity contribution in [1.29, 1.82) is 0 Å². The van der Waals surface area contributed by atoms with Crippen LogP contribution in [0.3, 0.4) is 0 Å². The summed E-state index contributed by atoms with van der Waals surface area (Å²) in [6, 6.07) is 7.73. The summed E-state index contributed by atoms with van der Waals surface area (Å²) in [6.07, 6.45) is 1.44. The number of carbonyl (C=O) groups is 1. The van der Waals surface area contributed by atoms with Gasteiger partial charge in [0.15, 0.2) is 0 Å². The molecule has 0 saturated heterocycles. The van der Waals surface area contributed by atoms with Crippen LogP contribution >= 0.6 is 0 Å². The highest BCUT2D eigenvalue weighted by Gasteiger charge is 2.13. The summed E-state index contributed by atoms with van der Waals surface area (Å²) < 4.78 is 1.68. The first-order valence-corrected chi connectivity index (χ1v) is 6.92. The van der Waals surface area contributed by atoms with E-state index in [2.05, 4.69) is 20.3 Å². The van der Waals surface area contributed by atoms with E-state index in [0.717, 1.165) is 12.1 Å². The molecule has 1 aromatic heterocycles. The Labute approximate surface area is 124 Å². The zero-order valence-electron chi connectivity index (χ0n) is 12.9. The molecular weight excluding hydrogens is 266 g/mol. The van der Waals surface area contributed by atoms with E-state index < -0.39 is 0 Å². The van der Waals surface area contributed by atoms with Gasteiger partial charge in [-0.15, -0.1) is 0 Å². The third-order valence-electron chi connectivity index (χ3n) is 2.98. The van der Waals surface area contributed by atoms with Crippen molar-refractivity contribution < 1.29 is 4.79 Å². The SMILES string of the molecule is CC(C)n1ncnc1NC(=O)c1cccc(CN(C)C)c1. The summed E-state index contributed by atoms with van der Waals surface area (Å²) in [5.74, 6) is 0.290. The van der Waals surface area contributed by atoms with Crippen molar-refractivity contribution in [3.05, 3.63) is 41.7 Å². The highest BCUT2D eigenvalue weighted by Crippen LogP contribution is 2.13. The van der Waals surface area contributed by atoms with Crippen molar-refractivity contribution in [3.63, 3.8) is 0 Å². The van der Waals surface area contributed by atoms with Gasteiger partial charge in [0.25, 0.3) is 5.91 Å². The fraction of sp³-hybridized carbons (Fsp3) is 0.400. The van der Waals surface area contributed by atoms with Gasteiger partial charge in [-0.3, -0.25) is 10.1 Å². The van der Waals surface area contributed by atoms with Gasteiger partial charge in [-0.05, 0) is 45.6 Å². The molecule has 0 spiro atoms. The van der Waals surface area contributed by atoms with Crippen LogP contribution in [0.15, 0.2) is 30.6 Å². The van der Waals surface area contributed by atoms with Crippen LogP contribution in [0.1, 0.15) is 35.8 Å². The van der Waals surface area contributed by atoms with Gasteiger partial charge in [0, 0.05) is 12.1 Å². The Bertz CT molecular complexity index is 618. The molecule has 0 aliphatic heterocycles. The van der Waals surface area contributed by atoms with Gasteiger partial charge in [-0.25, -0.2) is 4.68 Å². The summed E-state index contributed by atoms with van der Waals surface area (Å²) in [4.78, 5) is 18.5. The molecule has 0 atom stereocenters. The lowest BCUT2D eigenvalue weighted by atomic mass is 10.1. The van der Waals surface area contributed by atoms with Crippen LogP contribution in [-0.2, 0) is 6.54 Å². The van der Waals surface area contributed by atoms with E-state index in [-0.39, 0.29) is 11.9 Å². The summed E-state index contributed by atoms with van der Waals surface area (Å²) >= 11 is 0. The molecule has 0 unspecified atom stereocenters. The first kappa shape index (κ1) is 15.2. The third-order valence-corrected chi connectivity index (χ3v) is 2.98. The lowest BCUT2D eigenvalue weighted by molar-refractivity contribution is 0.102. The predicted molar refractivity (Wildman–Crippen MR) is 82.2 cm³/mol. The van der Waals surface area contributed by atoms with E-state index in [4.69, 9.17) is 0 Å². The average Bonchev–Trinajstić information content (AvgIpc) is 2.86. The smallest absolute Gasteiger partial charge is 0.258 e. The second kappa shape index (κ2) is 6.49. The highest BCUT2D eigenvalue weighted by atomic mass is 16.1. The number of anilines is 1. The minimum Gasteiger partial charge on any atom is -0.305 e. The lowest BCUT2D eigenvalue weighted by Crippen LogP contribution is -2.18. The number of hydrogen-bond donors (Lipinski definition) is 1. The van der Waals surface area contributed by atoms with Gasteiger partial charge in [0.1, 0.15) is 6.33 Å². The van der Waals surface area contributed by atoms with Crippen LogP contribution in [0.5, 0.6) is 0 Å². The minimum atomic E-state index is -0.175. The summed E-state index contributed by atoms with van der Waals surface area (Å²) in [6.45, 7) is 4.77. The second-order valence-corrected chi connectivity index (χ2v) is 5.51. The van der Waals surface area contributed by atoms with Crippen LogP contribution in [-0.4, -0.2) is 39.7 Å². The van der Waals surface area contributed by atoms with Gasteiger partial charge in [0.2, 0.25) is 5.95 Å². The molecule has 2 aromatic rings. The maximum absolute atomic E-state index is 12.3. The van der Waals surface area contributed by atoms with E-state index in [1.54, 1.807) is 10.7 Å². The summed E-state index contributed by atoms with van der Waals surface area (Å²) in [7, 11) is 4.00. The molecule has 0 aliphatic rings. The number of amides is 1. The third kappa shape index (κ3) is 3.88. The number of benzene rings is 1. The second-order valence-electron chi connectivity index (χ2n) is 5.51. The molecule has 1 amide bonds. The van der Waals surface area contributed by atoms with Gasteiger partial charge in [-0.1, -0.05) is 12.1 Å². The quantitative estimate of drug-likeness (QED) is 0.915. The number of carbonyl (C=O) groups excluding carboxylic acids is 1. The molecule has 1 N–H and O–H groups in total. The molecule has 6 heteroatoms. The van der Waals surface area contributed by atoms with Gasteiger partial charge in [-0.2, -0.15) is 10.1 Å². The Morgan fingerprint density at radius 3 is 2.81 bits per heavy atom. The first-order valence-electron chi connectivity index (χ1n) is 6.92. The van der Waals surface area contributed by atoms with E-state index in [1.807, 2.05) is 46.1 Å². The van der Waals surface area contributed by atoms with Crippen molar-refractivity contribution in [2.75, 3.05) is 19.4 Å². The van der Waals surface area contributed by atoms with Crippen molar-refractivity contribution in [3.8, 4) is 0 Å². The normalized spacial score (nSPS) is 11.1. The Balaban J connectivity index is 2.15. The van der Waals surface area contributed by atoms with Crippen molar-refractivity contribution in [2.45, 2.75) is 26.4 Å². The topological polar surface area (TPSA) is 63.1 Å². The summed E-state index contributed by atoms with van der Waals surface area (Å²) in [5, 5.41) is 6.91. The van der Waals surface area contributed by atoms with Crippen LogP contribution < -0.4 is 5.32 Å². The molecule has 6 nitrogen and oxygen atoms in total. The Kier molecular flexibility index (Phi) is 4.70. The van der Waals surface area contributed by atoms with Crippen LogP contribution in [0.25, 0.3) is 0 Å². The minimum absolute atomic E-state index is 0.142. The zero-order valence-corrected chi connectivity index (χ0v) is 12.9. The Morgan fingerprint density at radius 2 is 2.14 bits per heavy atom. The van der Waals surface area contributed by atoms with Gasteiger partial charge in [0.05, 0.1) is 6.04 Å². The van der Waals surface area contributed by atoms with Gasteiger partial charge < -0.3 is 4.90 Å². The Morgan fingerprint density at radius 1 is 1.38 bits per heavy atom. The van der Waals surface area contributed by atoms with Crippen LogP contribution in [0, 0.1) is 0 Å². The molecular formula is C15H21N5O. The van der Waals surface area contributed by atoms with Gasteiger partial charge >= 0.3 is 0 Å². The molecule has 1 aromatic carbocycles. The molecule has 0 bridgehead atoms. The molecule has 1 heterocycles. The lowest BCUT2D eigenvalue weighted by Gasteiger charge is -2.12. The maximum Gasteiger partial charge on any atom is 0.258 e. The monoisotopic (exact) mass is 287 g/mol. The zero-order chi connectivity index (χ0) is 15.4. The largest absolute Gasteiger partial charge is 0.305 e. The number of aromatic nitrogens is 3. The van der Waals surface area contributed by atoms with Crippen LogP contribution in [0.2, 0.25) is 0 Å². The standard InChI is InChI=1S/C15H21N5O/c1-11(2)20-15(16-10-17-20)18-14(21)13-7-5-6-12(8-13)9-19(3)4/h5-8,10-11H,9H2,1-4H3,(H,16,17,18,21). The first-order chi connectivity index (χ1) is 9.97. The molecule has 0 aliphatic carbocycles. The molecule has 112 valence electrons. The van der Waals surface area contributed by atoms with E-state index in [1.165, 1.54) is 6.33 Å². The molecule has 0 saturated carbocycles. The van der Waals surface area contributed by atoms with Crippen molar-refractivity contribution in [1.82, 2.24) is 19.7 Å². The molecule has 0 radical (unpaired) electrons. The van der Waals surface area contributed by atoms with Crippen molar-refractivity contribution >= 4 is 11.9 Å². The Hall–Kier alpha value is -2.21. The number of nitrogens with zero attached hydrogens (tertiary/aromatic N) is 4. The van der Waals surface area contributed by atoms with E-state index in [9.17, 15) is 4.79 Å². The van der Waals surface area contributed by atoms with Crippen molar-refractivity contribution in [2.24, 2.45) is 0 Å². The molecule has 2 rings (SSSR count). The van der Waals surface area contributed by atoms with E-state index in [0.29, 0.717) is 11.5 Å². The number of nitrogens with one attached hydrogen (secondary N) is 1. The average molecular weight is 287 g/mol. The number of rotatable bonds is 5. The summed E-state index contributed by atoms with van der Waals surface area (Å²) in [5.41, 5.74) is 1.71. The maximum atomic E-state index is 12.3. The van der Waals surface area contributed by atoms with Crippen LogP contribution in [0.4, 0.5) is 5.95 Å². The highest BCUT2D eigenvalue weighted by molar-refractivity contribution is 6.03.